The van der Waals surface area contributed by atoms with Crippen molar-refractivity contribution in [2.24, 2.45) is 5.92 Å². The summed E-state index contributed by atoms with van der Waals surface area (Å²) in [6.45, 7) is 0. The summed E-state index contributed by atoms with van der Waals surface area (Å²) in [6, 6.07) is 0.370. The third kappa shape index (κ3) is 3.47. The van der Waals surface area contributed by atoms with Crippen molar-refractivity contribution in [3.8, 4) is 0 Å². The lowest BCUT2D eigenvalue weighted by Gasteiger charge is -2.27. The molecule has 0 spiro atoms. The third-order valence-electron chi connectivity index (χ3n) is 3.98. The maximum atomic E-state index is 11.8. The fourth-order valence-corrected chi connectivity index (χ4v) is 3.37. The van der Waals surface area contributed by atoms with Crippen LogP contribution < -0.4 is 5.32 Å². The highest BCUT2D eigenvalue weighted by molar-refractivity contribution is 9.09. The van der Waals surface area contributed by atoms with E-state index in [1.165, 1.54) is 44.9 Å². The molecule has 2 fully saturated rings. The van der Waals surface area contributed by atoms with Crippen molar-refractivity contribution >= 4 is 21.8 Å². The van der Waals surface area contributed by atoms with E-state index in [2.05, 4.69) is 21.2 Å². The summed E-state index contributed by atoms with van der Waals surface area (Å²) in [5.41, 5.74) is 0. The number of amides is 1. The van der Waals surface area contributed by atoms with Gasteiger partial charge in [-0.05, 0) is 31.6 Å². The van der Waals surface area contributed by atoms with E-state index in [9.17, 15) is 4.79 Å². The monoisotopic (exact) mass is 287 g/mol. The highest BCUT2D eigenvalue weighted by atomic mass is 79.9. The molecule has 0 aromatic heterocycles. The van der Waals surface area contributed by atoms with E-state index in [-0.39, 0.29) is 5.91 Å². The van der Waals surface area contributed by atoms with Crippen LogP contribution in [-0.2, 0) is 4.79 Å². The minimum absolute atomic E-state index is 0.279. The van der Waals surface area contributed by atoms with Crippen LogP contribution in [0.5, 0.6) is 0 Å². The number of carbonyl (C=O) groups is 1. The van der Waals surface area contributed by atoms with Gasteiger partial charge in [-0.15, -0.1) is 0 Å². The number of carbonyl (C=O) groups excluding carboxylic acids is 1. The molecule has 2 unspecified atom stereocenters. The number of hydrogen-bond donors (Lipinski definition) is 1. The normalized spacial score (nSPS) is 31.6. The van der Waals surface area contributed by atoms with Crippen LogP contribution in [0.2, 0.25) is 0 Å². The van der Waals surface area contributed by atoms with Gasteiger partial charge in [-0.1, -0.05) is 41.6 Å². The highest BCUT2D eigenvalue weighted by Crippen LogP contribution is 2.29. The Morgan fingerprint density at radius 3 is 2.50 bits per heavy atom. The van der Waals surface area contributed by atoms with Crippen LogP contribution in [0.1, 0.15) is 57.8 Å². The molecule has 0 heterocycles. The van der Waals surface area contributed by atoms with Gasteiger partial charge in [-0.2, -0.15) is 0 Å². The van der Waals surface area contributed by atoms with E-state index in [0.717, 1.165) is 12.8 Å². The van der Waals surface area contributed by atoms with Crippen molar-refractivity contribution in [3.05, 3.63) is 0 Å². The molecule has 2 saturated carbocycles. The summed E-state index contributed by atoms with van der Waals surface area (Å²) in [6.07, 6.45) is 10.8. The molecule has 2 atom stereocenters. The summed E-state index contributed by atoms with van der Waals surface area (Å²) in [7, 11) is 0. The molecule has 2 aliphatic rings. The highest BCUT2D eigenvalue weighted by Gasteiger charge is 2.25. The molecule has 0 aromatic carbocycles. The van der Waals surface area contributed by atoms with Crippen molar-refractivity contribution in [2.75, 3.05) is 0 Å². The third-order valence-corrected chi connectivity index (χ3v) is 5.07. The Hall–Kier alpha value is -0.0500. The van der Waals surface area contributed by atoms with Gasteiger partial charge in [-0.25, -0.2) is 0 Å². The second-order valence-electron chi connectivity index (χ2n) is 5.33. The smallest absolute Gasteiger partial charge is 0.220 e. The first kappa shape index (κ1) is 12.4. The average molecular weight is 288 g/mol. The van der Waals surface area contributed by atoms with Gasteiger partial charge in [0, 0.05) is 17.3 Å². The van der Waals surface area contributed by atoms with Gasteiger partial charge in [0.2, 0.25) is 5.91 Å². The van der Waals surface area contributed by atoms with E-state index in [4.69, 9.17) is 0 Å². The Morgan fingerprint density at radius 2 is 1.81 bits per heavy atom. The molecule has 0 bridgehead atoms. The number of alkyl halides is 1. The summed E-state index contributed by atoms with van der Waals surface area (Å²) in [4.78, 5) is 12.3. The molecule has 16 heavy (non-hydrogen) atoms. The number of nitrogens with one attached hydrogen (secondary N) is 1. The van der Waals surface area contributed by atoms with E-state index < -0.39 is 0 Å². The molecular formula is C13H22BrNO. The molecule has 1 amide bonds. The van der Waals surface area contributed by atoms with Crippen molar-refractivity contribution in [2.45, 2.75) is 68.7 Å². The van der Waals surface area contributed by atoms with Gasteiger partial charge in [0.15, 0.2) is 0 Å². The molecular weight excluding hydrogens is 266 g/mol. The zero-order valence-electron chi connectivity index (χ0n) is 9.88. The largest absolute Gasteiger partial charge is 0.352 e. The van der Waals surface area contributed by atoms with Crippen LogP contribution in [0, 0.1) is 5.92 Å². The fraction of sp³-hybridized carbons (Fsp3) is 0.923. The average Bonchev–Trinajstić information content (AvgIpc) is 2.39. The fourth-order valence-electron chi connectivity index (χ4n) is 2.65. The first-order valence-electron chi connectivity index (χ1n) is 6.69. The van der Waals surface area contributed by atoms with E-state index in [1.807, 2.05) is 0 Å². The molecule has 3 heteroatoms. The van der Waals surface area contributed by atoms with Crippen LogP contribution in [0.25, 0.3) is 0 Å². The van der Waals surface area contributed by atoms with Crippen molar-refractivity contribution in [1.29, 1.82) is 0 Å². The SMILES string of the molecule is O=C(CC1CCC1)NC1CCCCCC1Br. The quantitative estimate of drug-likeness (QED) is 0.626. The second-order valence-corrected chi connectivity index (χ2v) is 6.51. The lowest BCUT2D eigenvalue weighted by Crippen LogP contribution is -2.41. The van der Waals surface area contributed by atoms with Crippen molar-refractivity contribution in [1.82, 2.24) is 5.32 Å². The standard InChI is InChI=1S/C13H22BrNO/c14-11-7-2-1-3-8-12(11)15-13(16)9-10-5-4-6-10/h10-12H,1-9H2,(H,15,16). The molecule has 0 saturated heterocycles. The predicted octanol–water partition coefficient (Wildman–Crippen LogP) is 3.39. The molecule has 2 rings (SSSR count). The zero-order valence-corrected chi connectivity index (χ0v) is 11.5. The lowest BCUT2D eigenvalue weighted by molar-refractivity contribution is -0.123. The van der Waals surface area contributed by atoms with Crippen LogP contribution in [0.15, 0.2) is 0 Å². The summed E-state index contributed by atoms with van der Waals surface area (Å²) >= 11 is 3.72. The molecule has 1 N–H and O–H groups in total. The Bertz CT molecular complexity index is 240. The van der Waals surface area contributed by atoms with Gasteiger partial charge >= 0.3 is 0 Å². The maximum Gasteiger partial charge on any atom is 0.220 e. The van der Waals surface area contributed by atoms with Crippen LogP contribution in [0.4, 0.5) is 0 Å². The second kappa shape index (κ2) is 6.04. The Morgan fingerprint density at radius 1 is 1.06 bits per heavy atom. The number of rotatable bonds is 3. The van der Waals surface area contributed by atoms with E-state index in [0.29, 0.717) is 16.8 Å². The van der Waals surface area contributed by atoms with Crippen LogP contribution in [0.3, 0.4) is 0 Å². The van der Waals surface area contributed by atoms with Crippen molar-refractivity contribution < 1.29 is 4.79 Å². The molecule has 2 aliphatic carbocycles. The van der Waals surface area contributed by atoms with Gasteiger partial charge in [0.25, 0.3) is 0 Å². The lowest BCUT2D eigenvalue weighted by atomic mass is 9.83. The molecule has 2 nitrogen and oxygen atoms in total. The van der Waals surface area contributed by atoms with E-state index >= 15 is 0 Å². The molecule has 0 radical (unpaired) electrons. The van der Waals surface area contributed by atoms with Gasteiger partial charge in [0.1, 0.15) is 0 Å². The predicted molar refractivity (Wildman–Crippen MR) is 69.7 cm³/mol. The Labute approximate surface area is 107 Å². The minimum atomic E-state index is 0.279. The van der Waals surface area contributed by atoms with Gasteiger partial charge in [0.05, 0.1) is 0 Å². The first-order valence-corrected chi connectivity index (χ1v) is 7.60. The van der Waals surface area contributed by atoms with E-state index in [1.54, 1.807) is 0 Å². The Kier molecular flexibility index (Phi) is 4.68. The van der Waals surface area contributed by atoms with Crippen molar-refractivity contribution in [3.63, 3.8) is 0 Å². The number of halogens is 1. The van der Waals surface area contributed by atoms with Crippen LogP contribution >= 0.6 is 15.9 Å². The zero-order chi connectivity index (χ0) is 11.4. The topological polar surface area (TPSA) is 29.1 Å². The molecule has 0 aromatic rings. The van der Waals surface area contributed by atoms with Gasteiger partial charge in [-0.3, -0.25) is 4.79 Å². The summed E-state index contributed by atoms with van der Waals surface area (Å²) < 4.78 is 0. The minimum Gasteiger partial charge on any atom is -0.352 e. The Balaban J connectivity index is 1.74. The number of hydrogen-bond acceptors (Lipinski definition) is 1. The first-order chi connectivity index (χ1) is 7.75. The summed E-state index contributed by atoms with van der Waals surface area (Å²) in [5, 5.41) is 3.22. The maximum absolute atomic E-state index is 11.8. The van der Waals surface area contributed by atoms with Crippen LogP contribution in [-0.4, -0.2) is 16.8 Å². The summed E-state index contributed by atoms with van der Waals surface area (Å²) in [5.74, 6) is 0.959. The molecule has 92 valence electrons. The molecule has 0 aliphatic heterocycles. The van der Waals surface area contributed by atoms with Gasteiger partial charge < -0.3 is 5.32 Å².